The Morgan fingerprint density at radius 2 is 2.00 bits per heavy atom. The highest BCUT2D eigenvalue weighted by Crippen LogP contribution is 2.31. The molecule has 2 N–H and O–H groups in total. The van der Waals surface area contributed by atoms with Gasteiger partial charge in [-0.3, -0.25) is 15.0 Å². The number of fused-ring (bicyclic) bond motifs is 1. The monoisotopic (exact) mass is 266 g/mol. The summed E-state index contributed by atoms with van der Waals surface area (Å²) >= 11 is 0. The Morgan fingerprint density at radius 1 is 1.26 bits per heavy atom. The van der Waals surface area contributed by atoms with Gasteiger partial charge in [-0.25, -0.2) is 0 Å². The van der Waals surface area contributed by atoms with E-state index in [1.165, 1.54) is 25.7 Å². The first-order chi connectivity index (χ1) is 9.18. The molecule has 3 unspecified atom stereocenters. The van der Waals surface area contributed by atoms with Gasteiger partial charge in [-0.05, 0) is 19.8 Å². The summed E-state index contributed by atoms with van der Waals surface area (Å²) in [4.78, 5) is 16.8. The third kappa shape index (κ3) is 2.39. The molecule has 3 aliphatic rings. The molecule has 1 amide bonds. The second-order valence-corrected chi connectivity index (χ2v) is 6.29. The van der Waals surface area contributed by atoms with Crippen LogP contribution in [0.15, 0.2) is 0 Å². The predicted molar refractivity (Wildman–Crippen MR) is 74.5 cm³/mol. The summed E-state index contributed by atoms with van der Waals surface area (Å²) < 4.78 is 0. The Labute approximate surface area is 115 Å². The van der Waals surface area contributed by atoms with E-state index in [1.807, 2.05) is 11.9 Å². The minimum Gasteiger partial charge on any atom is -0.339 e. The zero-order valence-electron chi connectivity index (χ0n) is 12.1. The molecule has 2 heterocycles. The fourth-order valence-electron chi connectivity index (χ4n) is 4.05. The average Bonchev–Trinajstić information content (AvgIpc) is 2.89. The summed E-state index contributed by atoms with van der Waals surface area (Å²) in [5, 5.41) is 6.95. The lowest BCUT2D eigenvalue weighted by Gasteiger charge is -2.45. The number of hydrogen-bond acceptors (Lipinski definition) is 4. The third-order valence-electron chi connectivity index (χ3n) is 5.09. The first-order valence-corrected chi connectivity index (χ1v) is 7.65. The van der Waals surface area contributed by atoms with Gasteiger partial charge in [0.05, 0.1) is 12.2 Å². The number of carbonyl (C=O) groups excluding carboxylic acids is 1. The van der Waals surface area contributed by atoms with Crippen molar-refractivity contribution in [3.05, 3.63) is 0 Å². The Bertz CT molecular complexity index is 342. The van der Waals surface area contributed by atoms with Crippen molar-refractivity contribution in [1.29, 1.82) is 0 Å². The minimum atomic E-state index is 0.256. The zero-order valence-corrected chi connectivity index (χ0v) is 12.1. The maximum atomic E-state index is 12.3. The smallest absolute Gasteiger partial charge is 0.224 e. The maximum Gasteiger partial charge on any atom is 0.224 e. The van der Waals surface area contributed by atoms with E-state index in [9.17, 15) is 4.79 Å². The normalized spacial score (nSPS) is 38.3. The average molecular weight is 266 g/mol. The van der Waals surface area contributed by atoms with Crippen LogP contribution in [0.2, 0.25) is 0 Å². The fraction of sp³-hybridized carbons (Fsp3) is 0.929. The molecule has 19 heavy (non-hydrogen) atoms. The molecule has 0 spiro atoms. The maximum absolute atomic E-state index is 12.3. The van der Waals surface area contributed by atoms with Crippen molar-refractivity contribution in [3.8, 4) is 0 Å². The van der Waals surface area contributed by atoms with Crippen LogP contribution in [-0.2, 0) is 4.79 Å². The number of hydrogen-bond donors (Lipinski definition) is 2. The molecule has 1 saturated carbocycles. The molecule has 0 aromatic heterocycles. The lowest BCUT2D eigenvalue weighted by Crippen LogP contribution is -2.67. The number of nitrogens with zero attached hydrogens (tertiary/aromatic N) is 2. The van der Waals surface area contributed by atoms with Crippen molar-refractivity contribution in [2.75, 3.05) is 20.3 Å². The van der Waals surface area contributed by atoms with Crippen LogP contribution in [0.25, 0.3) is 0 Å². The van der Waals surface area contributed by atoms with Crippen molar-refractivity contribution in [1.82, 2.24) is 20.4 Å². The number of nitrogens with one attached hydrogen (secondary N) is 2. The second-order valence-electron chi connectivity index (χ2n) is 6.29. The van der Waals surface area contributed by atoms with Crippen molar-refractivity contribution in [2.45, 2.75) is 63.3 Å². The Morgan fingerprint density at radius 3 is 2.74 bits per heavy atom. The molecule has 108 valence electrons. The lowest BCUT2D eigenvalue weighted by atomic mass is 10.1. The van der Waals surface area contributed by atoms with Crippen LogP contribution in [0.1, 0.15) is 39.0 Å². The van der Waals surface area contributed by atoms with Gasteiger partial charge >= 0.3 is 0 Å². The van der Waals surface area contributed by atoms with Crippen molar-refractivity contribution in [2.24, 2.45) is 0 Å². The Hall–Kier alpha value is -0.650. The summed E-state index contributed by atoms with van der Waals surface area (Å²) in [6.45, 7) is 3.96. The molecule has 0 bridgehead atoms. The van der Waals surface area contributed by atoms with Gasteiger partial charge in [0.2, 0.25) is 5.91 Å². The summed E-state index contributed by atoms with van der Waals surface area (Å²) in [6.07, 6.45) is 6.24. The number of amides is 1. The van der Waals surface area contributed by atoms with Crippen LogP contribution in [0.3, 0.4) is 0 Å². The van der Waals surface area contributed by atoms with Gasteiger partial charge in [0.15, 0.2) is 0 Å². The van der Waals surface area contributed by atoms with E-state index >= 15 is 0 Å². The standard InChI is InChI=1S/C14H26N4O/c1-10-7-13(19)17(2)12-8-15-9-16-14(12)18(10)11-5-3-4-6-11/h10-12,14-16H,3-9H2,1-2H3. The van der Waals surface area contributed by atoms with Crippen molar-refractivity contribution >= 4 is 5.91 Å². The molecular formula is C14H26N4O. The highest BCUT2D eigenvalue weighted by Gasteiger charge is 2.43. The van der Waals surface area contributed by atoms with E-state index in [-0.39, 0.29) is 11.9 Å². The Balaban J connectivity index is 1.88. The van der Waals surface area contributed by atoms with Gasteiger partial charge in [0, 0.05) is 38.8 Å². The summed E-state index contributed by atoms with van der Waals surface area (Å²) in [7, 11) is 1.96. The van der Waals surface area contributed by atoms with Crippen LogP contribution in [0.5, 0.6) is 0 Å². The third-order valence-corrected chi connectivity index (χ3v) is 5.09. The summed E-state index contributed by atoms with van der Waals surface area (Å²) in [5.74, 6) is 0.286. The quantitative estimate of drug-likeness (QED) is 0.718. The molecule has 3 atom stereocenters. The first-order valence-electron chi connectivity index (χ1n) is 7.65. The van der Waals surface area contributed by atoms with Crippen LogP contribution in [-0.4, -0.2) is 60.3 Å². The van der Waals surface area contributed by atoms with Crippen LogP contribution in [0, 0.1) is 0 Å². The molecule has 3 rings (SSSR count). The zero-order chi connectivity index (χ0) is 13.4. The fourth-order valence-corrected chi connectivity index (χ4v) is 4.05. The topological polar surface area (TPSA) is 47.6 Å². The lowest BCUT2D eigenvalue weighted by molar-refractivity contribution is -0.131. The van der Waals surface area contributed by atoms with Gasteiger partial charge in [-0.15, -0.1) is 0 Å². The first kappa shape index (κ1) is 13.3. The van der Waals surface area contributed by atoms with Crippen LogP contribution in [0.4, 0.5) is 0 Å². The number of likely N-dealkylation sites (N-methyl/N-ethyl adjacent to an activating group) is 1. The summed E-state index contributed by atoms with van der Waals surface area (Å²) in [6, 6.07) is 1.26. The second kappa shape index (κ2) is 5.38. The number of carbonyl (C=O) groups is 1. The van der Waals surface area contributed by atoms with E-state index in [4.69, 9.17) is 0 Å². The van der Waals surface area contributed by atoms with Gasteiger partial charge in [0.25, 0.3) is 0 Å². The van der Waals surface area contributed by atoms with Crippen LogP contribution >= 0.6 is 0 Å². The molecule has 2 saturated heterocycles. The van der Waals surface area contributed by atoms with Crippen molar-refractivity contribution < 1.29 is 4.79 Å². The van der Waals surface area contributed by atoms with Gasteiger partial charge < -0.3 is 10.2 Å². The Kier molecular flexibility index (Phi) is 3.78. The highest BCUT2D eigenvalue weighted by atomic mass is 16.2. The van der Waals surface area contributed by atoms with E-state index in [0.29, 0.717) is 24.7 Å². The minimum absolute atomic E-state index is 0.256. The van der Waals surface area contributed by atoms with E-state index in [2.05, 4.69) is 22.5 Å². The molecule has 5 nitrogen and oxygen atoms in total. The molecule has 5 heteroatoms. The van der Waals surface area contributed by atoms with Gasteiger partial charge in [-0.1, -0.05) is 12.8 Å². The SMILES string of the molecule is CC1CC(=O)N(C)C2CNCNC2N1C1CCCC1. The van der Waals surface area contributed by atoms with Crippen LogP contribution < -0.4 is 10.6 Å². The molecule has 0 aromatic rings. The summed E-state index contributed by atoms with van der Waals surface area (Å²) in [5.41, 5.74) is 0. The van der Waals surface area contributed by atoms with Gasteiger partial charge in [-0.2, -0.15) is 0 Å². The number of rotatable bonds is 1. The highest BCUT2D eigenvalue weighted by molar-refractivity contribution is 5.77. The molecule has 2 aliphatic heterocycles. The van der Waals surface area contributed by atoms with Crippen molar-refractivity contribution in [3.63, 3.8) is 0 Å². The van der Waals surface area contributed by atoms with E-state index in [1.54, 1.807) is 0 Å². The van der Waals surface area contributed by atoms with E-state index in [0.717, 1.165) is 13.2 Å². The molecule has 0 radical (unpaired) electrons. The largest absolute Gasteiger partial charge is 0.339 e. The molecule has 0 aromatic carbocycles. The van der Waals surface area contributed by atoms with Gasteiger partial charge in [0.1, 0.15) is 0 Å². The molecular weight excluding hydrogens is 240 g/mol. The predicted octanol–water partition coefficient (Wildman–Crippen LogP) is 0.327. The molecule has 1 aliphatic carbocycles. The molecule has 3 fully saturated rings. The van der Waals surface area contributed by atoms with E-state index < -0.39 is 0 Å².